The summed E-state index contributed by atoms with van der Waals surface area (Å²) in [6.07, 6.45) is 3.95. The van der Waals surface area contributed by atoms with Crippen LogP contribution in [0.5, 0.6) is 0 Å². The van der Waals surface area contributed by atoms with Crippen molar-refractivity contribution in [3.05, 3.63) is 89.5 Å². The van der Waals surface area contributed by atoms with Crippen molar-refractivity contribution in [2.75, 3.05) is 32.8 Å². The first-order valence-electron chi connectivity index (χ1n) is 10.4. The molecule has 3 aromatic rings. The van der Waals surface area contributed by atoms with Crippen LogP contribution in [0, 0.1) is 6.92 Å². The Balaban J connectivity index is 1.41. The quantitative estimate of drug-likeness (QED) is 0.640. The minimum absolute atomic E-state index is 0.344. The van der Waals surface area contributed by atoms with Crippen molar-refractivity contribution in [3.8, 4) is 0 Å². The molecule has 1 fully saturated rings. The van der Waals surface area contributed by atoms with Crippen LogP contribution < -0.4 is 5.32 Å². The lowest BCUT2D eigenvalue weighted by Crippen LogP contribution is -2.42. The van der Waals surface area contributed by atoms with Crippen LogP contribution in [0.15, 0.2) is 67.0 Å². The fraction of sp³-hybridized carbons (Fsp3) is 0.375. The van der Waals surface area contributed by atoms with Crippen LogP contribution in [0.3, 0.4) is 0 Å². The third-order valence-corrected chi connectivity index (χ3v) is 5.53. The number of benzene rings is 2. The number of aromatic nitrogens is 2. The van der Waals surface area contributed by atoms with Crippen LogP contribution in [-0.4, -0.2) is 47.3 Å². The predicted octanol–water partition coefficient (Wildman–Crippen LogP) is 3.40. The zero-order valence-corrected chi connectivity index (χ0v) is 17.1. The summed E-state index contributed by atoms with van der Waals surface area (Å²) in [5.41, 5.74) is 3.96. The smallest absolute Gasteiger partial charge is 0.122 e. The van der Waals surface area contributed by atoms with Crippen LogP contribution in [0.25, 0.3) is 0 Å². The van der Waals surface area contributed by atoms with E-state index in [9.17, 15) is 0 Å². The van der Waals surface area contributed by atoms with Crippen molar-refractivity contribution in [1.29, 1.82) is 0 Å². The Morgan fingerprint density at radius 2 is 1.90 bits per heavy atom. The van der Waals surface area contributed by atoms with Gasteiger partial charge in [0.05, 0.1) is 19.8 Å². The molecule has 1 atom stereocenters. The van der Waals surface area contributed by atoms with Crippen LogP contribution in [0.4, 0.5) is 0 Å². The lowest BCUT2D eigenvalue weighted by atomic mass is 10.0. The van der Waals surface area contributed by atoms with Gasteiger partial charge in [0.1, 0.15) is 5.82 Å². The fourth-order valence-electron chi connectivity index (χ4n) is 3.98. The summed E-state index contributed by atoms with van der Waals surface area (Å²) < 4.78 is 7.79. The molecule has 0 bridgehead atoms. The van der Waals surface area contributed by atoms with Gasteiger partial charge in [-0.15, -0.1) is 0 Å². The van der Waals surface area contributed by atoms with E-state index in [0.717, 1.165) is 51.8 Å². The topological polar surface area (TPSA) is 42.3 Å². The van der Waals surface area contributed by atoms with Crippen LogP contribution >= 0.6 is 0 Å². The van der Waals surface area contributed by atoms with E-state index >= 15 is 0 Å². The summed E-state index contributed by atoms with van der Waals surface area (Å²) in [5.74, 6) is 1.07. The molecule has 1 unspecified atom stereocenters. The first kappa shape index (κ1) is 19.8. The zero-order chi connectivity index (χ0) is 19.9. The second-order valence-electron chi connectivity index (χ2n) is 7.67. The van der Waals surface area contributed by atoms with Crippen molar-refractivity contribution in [2.45, 2.75) is 26.1 Å². The summed E-state index contributed by atoms with van der Waals surface area (Å²) in [5, 5.41) is 3.66. The van der Waals surface area contributed by atoms with Gasteiger partial charge in [-0.3, -0.25) is 4.90 Å². The lowest BCUT2D eigenvalue weighted by molar-refractivity contribution is 0.0160. The molecular formula is C24H30N4O. The molecule has 5 nitrogen and oxygen atoms in total. The molecule has 5 heteroatoms. The maximum Gasteiger partial charge on any atom is 0.122 e. The molecule has 0 spiro atoms. The van der Waals surface area contributed by atoms with Gasteiger partial charge >= 0.3 is 0 Å². The summed E-state index contributed by atoms with van der Waals surface area (Å²) >= 11 is 0. The van der Waals surface area contributed by atoms with Crippen LogP contribution in [0.2, 0.25) is 0 Å². The van der Waals surface area contributed by atoms with E-state index in [1.807, 2.05) is 6.20 Å². The highest BCUT2D eigenvalue weighted by Crippen LogP contribution is 2.22. The number of aryl methyl sites for hydroxylation is 1. The number of ether oxygens (including phenoxy) is 1. The zero-order valence-electron chi connectivity index (χ0n) is 17.1. The SMILES string of the molecule is Cc1cccc(C(CNCc2nccn2Cc2ccccc2)N2CCOCC2)c1. The monoisotopic (exact) mass is 390 g/mol. The standard InChI is InChI=1S/C24H30N4O/c1-20-6-5-9-22(16-20)23(27-12-14-29-15-13-27)17-25-18-24-26-10-11-28(24)19-21-7-3-2-4-8-21/h2-11,16,23,25H,12-15,17-19H2,1H3. The summed E-state index contributed by atoms with van der Waals surface area (Å²) in [7, 11) is 0. The summed E-state index contributed by atoms with van der Waals surface area (Å²) in [4.78, 5) is 7.10. The fourth-order valence-corrected chi connectivity index (χ4v) is 3.98. The highest BCUT2D eigenvalue weighted by molar-refractivity contribution is 5.25. The third kappa shape index (κ3) is 5.32. The van der Waals surface area contributed by atoms with Crippen molar-refractivity contribution in [2.24, 2.45) is 0 Å². The minimum Gasteiger partial charge on any atom is -0.379 e. The second-order valence-corrected chi connectivity index (χ2v) is 7.67. The highest BCUT2D eigenvalue weighted by atomic mass is 16.5. The molecule has 29 heavy (non-hydrogen) atoms. The van der Waals surface area contributed by atoms with Gasteiger partial charge in [-0.2, -0.15) is 0 Å². The molecule has 4 rings (SSSR count). The maximum atomic E-state index is 5.57. The molecule has 0 saturated carbocycles. The number of nitrogens with zero attached hydrogens (tertiary/aromatic N) is 3. The van der Waals surface area contributed by atoms with E-state index in [1.165, 1.54) is 16.7 Å². The molecule has 1 aromatic heterocycles. The largest absolute Gasteiger partial charge is 0.379 e. The molecule has 2 aromatic carbocycles. The molecule has 1 aliphatic heterocycles. The van der Waals surface area contributed by atoms with Crippen molar-refractivity contribution < 1.29 is 4.74 Å². The van der Waals surface area contributed by atoms with E-state index in [0.29, 0.717) is 6.04 Å². The molecular weight excluding hydrogens is 360 g/mol. The Morgan fingerprint density at radius 1 is 1.07 bits per heavy atom. The average Bonchev–Trinajstić information content (AvgIpc) is 3.19. The van der Waals surface area contributed by atoms with Gasteiger partial charge < -0.3 is 14.6 Å². The van der Waals surface area contributed by atoms with Crippen molar-refractivity contribution in [3.63, 3.8) is 0 Å². The van der Waals surface area contributed by atoms with E-state index in [-0.39, 0.29) is 0 Å². The number of hydrogen-bond donors (Lipinski definition) is 1. The first-order valence-corrected chi connectivity index (χ1v) is 10.4. The molecule has 0 radical (unpaired) electrons. The Labute approximate surface area is 173 Å². The Hall–Kier alpha value is -2.47. The van der Waals surface area contributed by atoms with E-state index in [1.54, 1.807) is 0 Å². The van der Waals surface area contributed by atoms with E-state index in [2.05, 4.69) is 87.5 Å². The van der Waals surface area contributed by atoms with Crippen LogP contribution in [-0.2, 0) is 17.8 Å². The molecule has 2 heterocycles. The Bertz CT molecular complexity index is 887. The van der Waals surface area contributed by atoms with Gasteiger partial charge in [0, 0.05) is 44.6 Å². The van der Waals surface area contributed by atoms with Crippen molar-refractivity contribution in [1.82, 2.24) is 19.8 Å². The molecule has 0 aliphatic carbocycles. The van der Waals surface area contributed by atoms with Crippen LogP contribution in [0.1, 0.15) is 28.6 Å². The molecule has 1 N–H and O–H groups in total. The normalized spacial score (nSPS) is 16.0. The van der Waals surface area contributed by atoms with Gasteiger partial charge in [0.2, 0.25) is 0 Å². The Kier molecular flexibility index (Phi) is 6.72. The third-order valence-electron chi connectivity index (χ3n) is 5.53. The van der Waals surface area contributed by atoms with Crippen molar-refractivity contribution >= 4 is 0 Å². The van der Waals surface area contributed by atoms with Gasteiger partial charge in [-0.25, -0.2) is 4.98 Å². The minimum atomic E-state index is 0.344. The molecule has 0 amide bonds. The van der Waals surface area contributed by atoms with Gasteiger partial charge in [0.15, 0.2) is 0 Å². The molecule has 1 saturated heterocycles. The highest BCUT2D eigenvalue weighted by Gasteiger charge is 2.22. The predicted molar refractivity (Wildman–Crippen MR) is 116 cm³/mol. The number of nitrogens with one attached hydrogen (secondary N) is 1. The lowest BCUT2D eigenvalue weighted by Gasteiger charge is -2.35. The Morgan fingerprint density at radius 3 is 2.69 bits per heavy atom. The van der Waals surface area contributed by atoms with E-state index in [4.69, 9.17) is 4.74 Å². The summed E-state index contributed by atoms with van der Waals surface area (Å²) in [6.45, 7) is 8.23. The second kappa shape index (κ2) is 9.83. The first-order chi connectivity index (χ1) is 14.3. The van der Waals surface area contributed by atoms with Gasteiger partial charge in [-0.1, -0.05) is 60.2 Å². The number of rotatable bonds is 8. The number of hydrogen-bond acceptors (Lipinski definition) is 4. The number of imidazole rings is 1. The van der Waals surface area contributed by atoms with Gasteiger partial charge in [0.25, 0.3) is 0 Å². The van der Waals surface area contributed by atoms with Gasteiger partial charge in [-0.05, 0) is 18.1 Å². The summed E-state index contributed by atoms with van der Waals surface area (Å²) in [6, 6.07) is 19.7. The average molecular weight is 391 g/mol. The van der Waals surface area contributed by atoms with E-state index < -0.39 is 0 Å². The molecule has 1 aliphatic rings. The molecule has 152 valence electrons. The number of morpholine rings is 1. The maximum absolute atomic E-state index is 5.57.